The van der Waals surface area contributed by atoms with Gasteiger partial charge in [0.2, 0.25) is 0 Å². The molecule has 1 spiro atoms. The highest BCUT2D eigenvalue weighted by Crippen LogP contribution is 2.43. The minimum absolute atomic E-state index is 0.574. The third kappa shape index (κ3) is 3.19. The van der Waals surface area contributed by atoms with Crippen LogP contribution in [0.5, 0.6) is 0 Å². The van der Waals surface area contributed by atoms with E-state index in [9.17, 15) is 0 Å². The van der Waals surface area contributed by atoms with Gasteiger partial charge in [0.25, 0.3) is 0 Å². The molecule has 2 heterocycles. The zero-order valence-electron chi connectivity index (χ0n) is 13.6. The normalized spacial score (nSPS) is 29.4. The van der Waals surface area contributed by atoms with Crippen LogP contribution in [0.3, 0.4) is 0 Å². The largest absolute Gasteiger partial charge is 0.306 e. The number of hydrogen-bond acceptors (Lipinski definition) is 4. The minimum Gasteiger partial charge on any atom is -0.306 e. The first-order chi connectivity index (χ1) is 9.59. The SMILES string of the molecule is CN1CCC(N(C)CCN2CCN(C)C3(CC3)C2)CC1. The molecule has 0 unspecified atom stereocenters. The molecular formula is C16H32N4. The van der Waals surface area contributed by atoms with E-state index in [1.54, 1.807) is 0 Å². The first kappa shape index (κ1) is 14.8. The number of piperazine rings is 1. The Hall–Kier alpha value is -0.160. The molecule has 3 rings (SSSR count). The molecule has 0 radical (unpaired) electrons. The summed E-state index contributed by atoms with van der Waals surface area (Å²) in [5.74, 6) is 0. The maximum atomic E-state index is 2.71. The fourth-order valence-electron chi connectivity index (χ4n) is 3.94. The molecule has 0 aromatic rings. The molecule has 2 saturated heterocycles. The van der Waals surface area contributed by atoms with Crippen molar-refractivity contribution in [1.29, 1.82) is 0 Å². The molecule has 0 aromatic carbocycles. The van der Waals surface area contributed by atoms with Gasteiger partial charge in [-0.3, -0.25) is 9.80 Å². The lowest BCUT2D eigenvalue weighted by molar-refractivity contribution is 0.0655. The fourth-order valence-corrected chi connectivity index (χ4v) is 3.94. The summed E-state index contributed by atoms with van der Waals surface area (Å²) < 4.78 is 0. The Balaban J connectivity index is 1.41. The Morgan fingerprint density at radius 1 is 1.05 bits per heavy atom. The van der Waals surface area contributed by atoms with Crippen molar-refractivity contribution >= 4 is 0 Å². The second kappa shape index (κ2) is 5.91. The van der Waals surface area contributed by atoms with Crippen LogP contribution in [0.25, 0.3) is 0 Å². The van der Waals surface area contributed by atoms with Gasteiger partial charge < -0.3 is 9.80 Å². The van der Waals surface area contributed by atoms with E-state index in [-0.39, 0.29) is 0 Å². The maximum Gasteiger partial charge on any atom is 0.0335 e. The highest BCUT2D eigenvalue weighted by atomic mass is 15.3. The lowest BCUT2D eigenvalue weighted by atomic mass is 10.0. The average Bonchev–Trinajstić information content (AvgIpc) is 3.21. The molecule has 0 amide bonds. The highest BCUT2D eigenvalue weighted by molar-refractivity contribution is 5.07. The van der Waals surface area contributed by atoms with Gasteiger partial charge in [0, 0.05) is 44.3 Å². The summed E-state index contributed by atoms with van der Waals surface area (Å²) in [7, 11) is 6.89. The Morgan fingerprint density at radius 3 is 2.40 bits per heavy atom. The van der Waals surface area contributed by atoms with E-state index in [0.717, 1.165) is 6.04 Å². The van der Waals surface area contributed by atoms with Gasteiger partial charge in [-0.15, -0.1) is 0 Å². The monoisotopic (exact) mass is 280 g/mol. The standard InChI is InChI=1S/C16H32N4/c1-17-8-4-15(5-9-17)18(2)10-12-20-13-11-19(3)16(14-20)6-7-16/h15H,4-14H2,1-3H3. The molecule has 0 N–H and O–H groups in total. The Labute approximate surface area is 124 Å². The van der Waals surface area contributed by atoms with Gasteiger partial charge in [-0.25, -0.2) is 0 Å². The van der Waals surface area contributed by atoms with Crippen molar-refractivity contribution in [2.24, 2.45) is 0 Å². The van der Waals surface area contributed by atoms with Crippen molar-refractivity contribution in [2.45, 2.75) is 37.3 Å². The molecule has 2 aliphatic heterocycles. The van der Waals surface area contributed by atoms with Crippen LogP contribution in [-0.2, 0) is 0 Å². The lowest BCUT2D eigenvalue weighted by Gasteiger charge is -2.41. The molecule has 3 fully saturated rings. The van der Waals surface area contributed by atoms with Crippen LogP contribution in [0.1, 0.15) is 25.7 Å². The molecule has 20 heavy (non-hydrogen) atoms. The molecule has 116 valence electrons. The Bertz CT molecular complexity index is 320. The van der Waals surface area contributed by atoms with Crippen LogP contribution < -0.4 is 0 Å². The molecule has 4 nitrogen and oxygen atoms in total. The summed E-state index contributed by atoms with van der Waals surface area (Å²) in [5.41, 5.74) is 0.574. The van der Waals surface area contributed by atoms with Crippen LogP contribution in [0.4, 0.5) is 0 Å². The summed E-state index contributed by atoms with van der Waals surface area (Å²) in [6.45, 7) is 8.88. The molecule has 1 aliphatic carbocycles. The number of nitrogens with zero attached hydrogens (tertiary/aromatic N) is 4. The van der Waals surface area contributed by atoms with Gasteiger partial charge in [-0.1, -0.05) is 0 Å². The van der Waals surface area contributed by atoms with E-state index in [4.69, 9.17) is 0 Å². The summed E-state index contributed by atoms with van der Waals surface area (Å²) in [6, 6.07) is 0.813. The van der Waals surface area contributed by atoms with Crippen molar-refractivity contribution in [2.75, 3.05) is 67.0 Å². The zero-order chi connectivity index (χ0) is 14.2. The van der Waals surface area contributed by atoms with Crippen LogP contribution in [0.2, 0.25) is 0 Å². The molecule has 0 atom stereocenters. The number of likely N-dealkylation sites (tertiary alicyclic amines) is 1. The summed E-state index contributed by atoms with van der Waals surface area (Å²) in [5, 5.41) is 0. The van der Waals surface area contributed by atoms with Crippen LogP contribution in [0, 0.1) is 0 Å². The first-order valence-electron chi connectivity index (χ1n) is 8.41. The number of likely N-dealkylation sites (N-methyl/N-ethyl adjacent to an activating group) is 2. The van der Waals surface area contributed by atoms with Crippen LogP contribution >= 0.6 is 0 Å². The van der Waals surface area contributed by atoms with Gasteiger partial charge in [0.15, 0.2) is 0 Å². The van der Waals surface area contributed by atoms with E-state index >= 15 is 0 Å². The van der Waals surface area contributed by atoms with Crippen LogP contribution in [-0.4, -0.2) is 98.1 Å². The molecular weight excluding hydrogens is 248 g/mol. The summed E-state index contributed by atoms with van der Waals surface area (Å²) in [6.07, 6.45) is 5.54. The Kier molecular flexibility index (Phi) is 4.37. The van der Waals surface area contributed by atoms with Crippen molar-refractivity contribution in [1.82, 2.24) is 19.6 Å². The number of piperidine rings is 1. The second-order valence-corrected chi connectivity index (χ2v) is 7.44. The molecule has 1 saturated carbocycles. The van der Waals surface area contributed by atoms with E-state index in [0.29, 0.717) is 5.54 Å². The van der Waals surface area contributed by atoms with Crippen molar-refractivity contribution in [3.05, 3.63) is 0 Å². The van der Waals surface area contributed by atoms with Crippen molar-refractivity contribution in [3.8, 4) is 0 Å². The van der Waals surface area contributed by atoms with Crippen molar-refractivity contribution < 1.29 is 0 Å². The fraction of sp³-hybridized carbons (Fsp3) is 1.00. The van der Waals surface area contributed by atoms with Crippen molar-refractivity contribution in [3.63, 3.8) is 0 Å². The van der Waals surface area contributed by atoms with Gasteiger partial charge >= 0.3 is 0 Å². The molecule has 0 aromatic heterocycles. The second-order valence-electron chi connectivity index (χ2n) is 7.44. The highest BCUT2D eigenvalue weighted by Gasteiger charge is 2.49. The van der Waals surface area contributed by atoms with E-state index in [2.05, 4.69) is 40.7 Å². The first-order valence-corrected chi connectivity index (χ1v) is 8.41. The van der Waals surface area contributed by atoms with Crippen LogP contribution in [0.15, 0.2) is 0 Å². The summed E-state index contributed by atoms with van der Waals surface area (Å²) in [4.78, 5) is 10.4. The van der Waals surface area contributed by atoms with Gasteiger partial charge in [-0.05, 0) is 59.9 Å². The number of rotatable bonds is 4. The lowest BCUT2D eigenvalue weighted by Crippen LogP contribution is -2.54. The zero-order valence-corrected chi connectivity index (χ0v) is 13.6. The minimum atomic E-state index is 0.574. The predicted molar refractivity (Wildman–Crippen MR) is 84.2 cm³/mol. The molecule has 4 heteroatoms. The maximum absolute atomic E-state index is 2.71. The predicted octanol–water partition coefficient (Wildman–Crippen LogP) is 0.792. The molecule has 3 aliphatic rings. The van der Waals surface area contributed by atoms with E-state index in [1.165, 1.54) is 71.5 Å². The third-order valence-corrected chi connectivity index (χ3v) is 5.99. The van der Waals surface area contributed by atoms with Gasteiger partial charge in [0.1, 0.15) is 0 Å². The quantitative estimate of drug-likeness (QED) is 0.755. The average molecular weight is 280 g/mol. The molecule has 0 bridgehead atoms. The van der Waals surface area contributed by atoms with E-state index < -0.39 is 0 Å². The van der Waals surface area contributed by atoms with Gasteiger partial charge in [0.05, 0.1) is 0 Å². The third-order valence-electron chi connectivity index (χ3n) is 5.99. The summed E-state index contributed by atoms with van der Waals surface area (Å²) >= 11 is 0. The van der Waals surface area contributed by atoms with E-state index in [1.807, 2.05) is 0 Å². The topological polar surface area (TPSA) is 13.0 Å². The number of hydrogen-bond donors (Lipinski definition) is 0. The van der Waals surface area contributed by atoms with Gasteiger partial charge in [-0.2, -0.15) is 0 Å². The Morgan fingerprint density at radius 2 is 1.75 bits per heavy atom. The smallest absolute Gasteiger partial charge is 0.0335 e.